The SMILES string of the molecule is CC1(C)c2ccccc2-c2ccc(N(c3ccc(N(c4ccccc4)c4ccc5ccccc5c4)cc3)c3ccc4c(c3)C(C)(C)c3cc(-c5ccc6c(c5)c5ccccc5n6-c5ccc6ccccc6c5)ccc3-4)cc21. The highest BCUT2D eigenvalue weighted by Gasteiger charge is 2.38. The summed E-state index contributed by atoms with van der Waals surface area (Å²) in [6, 6.07) is 96.9. The number of fused-ring (bicyclic) bond motifs is 11. The average molecular weight is 986 g/mol. The van der Waals surface area contributed by atoms with Crippen LogP contribution in [0.3, 0.4) is 0 Å². The number of benzene rings is 12. The van der Waals surface area contributed by atoms with E-state index >= 15 is 0 Å². The van der Waals surface area contributed by atoms with Gasteiger partial charge in [-0.1, -0.05) is 179 Å². The van der Waals surface area contributed by atoms with Crippen molar-refractivity contribution in [2.24, 2.45) is 0 Å². The Kier molecular flexibility index (Phi) is 9.96. The second-order valence-corrected chi connectivity index (χ2v) is 22.2. The molecule has 0 spiro atoms. The summed E-state index contributed by atoms with van der Waals surface area (Å²) in [7, 11) is 0. The molecule has 12 aromatic carbocycles. The monoisotopic (exact) mass is 985 g/mol. The van der Waals surface area contributed by atoms with Gasteiger partial charge in [-0.15, -0.1) is 0 Å². The van der Waals surface area contributed by atoms with Gasteiger partial charge < -0.3 is 14.4 Å². The molecule has 0 atom stereocenters. The maximum absolute atomic E-state index is 2.47. The first-order valence-corrected chi connectivity index (χ1v) is 27.0. The van der Waals surface area contributed by atoms with E-state index in [1.54, 1.807) is 0 Å². The van der Waals surface area contributed by atoms with E-state index in [4.69, 9.17) is 0 Å². The zero-order valence-corrected chi connectivity index (χ0v) is 43.7. The highest BCUT2D eigenvalue weighted by molar-refractivity contribution is 6.11. The lowest BCUT2D eigenvalue weighted by Gasteiger charge is -2.30. The predicted octanol–water partition coefficient (Wildman–Crippen LogP) is 20.3. The van der Waals surface area contributed by atoms with Crippen molar-refractivity contribution in [3.8, 4) is 39.1 Å². The minimum absolute atomic E-state index is 0.147. The molecule has 0 fully saturated rings. The lowest BCUT2D eigenvalue weighted by atomic mass is 9.81. The van der Waals surface area contributed by atoms with Crippen LogP contribution in [0, 0.1) is 0 Å². The number of rotatable bonds is 8. The van der Waals surface area contributed by atoms with Crippen LogP contribution in [-0.4, -0.2) is 4.57 Å². The van der Waals surface area contributed by atoms with Gasteiger partial charge in [-0.2, -0.15) is 0 Å². The number of aromatic nitrogens is 1. The van der Waals surface area contributed by atoms with Crippen molar-refractivity contribution in [3.05, 3.63) is 283 Å². The lowest BCUT2D eigenvalue weighted by Crippen LogP contribution is -2.18. The molecule has 3 heteroatoms. The molecule has 1 heterocycles. The van der Waals surface area contributed by atoms with Crippen LogP contribution in [0.1, 0.15) is 49.9 Å². The summed E-state index contributed by atoms with van der Waals surface area (Å²) in [4.78, 5) is 4.84. The quantitative estimate of drug-likeness (QED) is 0.150. The largest absolute Gasteiger partial charge is 0.310 e. The zero-order valence-electron chi connectivity index (χ0n) is 43.7. The maximum Gasteiger partial charge on any atom is 0.0541 e. The Balaban J connectivity index is 0.827. The van der Waals surface area contributed by atoms with Crippen molar-refractivity contribution in [1.29, 1.82) is 0 Å². The van der Waals surface area contributed by atoms with E-state index in [1.165, 1.54) is 105 Å². The fourth-order valence-corrected chi connectivity index (χ4v) is 13.2. The summed E-state index contributed by atoms with van der Waals surface area (Å²) >= 11 is 0. The molecule has 2 aliphatic rings. The number of nitrogens with zero attached hydrogens (tertiary/aromatic N) is 3. The van der Waals surface area contributed by atoms with Gasteiger partial charge in [0.05, 0.1) is 11.0 Å². The van der Waals surface area contributed by atoms with E-state index in [1.807, 2.05) is 0 Å². The van der Waals surface area contributed by atoms with Crippen molar-refractivity contribution >= 4 is 77.5 Å². The number of para-hydroxylation sites is 2. The van der Waals surface area contributed by atoms with Gasteiger partial charge in [0.2, 0.25) is 0 Å². The van der Waals surface area contributed by atoms with Gasteiger partial charge in [0.1, 0.15) is 0 Å². The molecular formula is C74H55N3. The average Bonchev–Trinajstić information content (AvgIpc) is 4.20. The van der Waals surface area contributed by atoms with Crippen LogP contribution in [0.2, 0.25) is 0 Å². The Morgan fingerprint density at radius 3 is 1.42 bits per heavy atom. The van der Waals surface area contributed by atoms with Gasteiger partial charge in [0.15, 0.2) is 0 Å². The Hall–Kier alpha value is -9.44. The second-order valence-electron chi connectivity index (χ2n) is 22.2. The van der Waals surface area contributed by atoms with Gasteiger partial charge in [-0.05, 0) is 186 Å². The third kappa shape index (κ3) is 7.04. The van der Waals surface area contributed by atoms with Crippen LogP contribution < -0.4 is 9.80 Å². The van der Waals surface area contributed by atoms with E-state index in [-0.39, 0.29) is 10.8 Å². The lowest BCUT2D eigenvalue weighted by molar-refractivity contribution is 0.660. The van der Waals surface area contributed by atoms with Crippen LogP contribution in [-0.2, 0) is 10.8 Å². The molecule has 2 aliphatic carbocycles. The normalized spacial score (nSPS) is 13.7. The number of hydrogen-bond acceptors (Lipinski definition) is 2. The summed E-state index contributed by atoms with van der Waals surface area (Å²) in [5, 5.41) is 7.45. The van der Waals surface area contributed by atoms with Gasteiger partial charge >= 0.3 is 0 Å². The predicted molar refractivity (Wildman–Crippen MR) is 326 cm³/mol. The molecule has 0 aliphatic heterocycles. The van der Waals surface area contributed by atoms with E-state index < -0.39 is 0 Å². The van der Waals surface area contributed by atoms with Gasteiger partial charge in [-0.3, -0.25) is 0 Å². The fraction of sp³-hybridized carbons (Fsp3) is 0.0811. The topological polar surface area (TPSA) is 11.4 Å². The minimum Gasteiger partial charge on any atom is -0.310 e. The molecule has 1 aromatic heterocycles. The van der Waals surface area contributed by atoms with Crippen LogP contribution in [0.25, 0.3) is 82.4 Å². The maximum atomic E-state index is 2.47. The Morgan fingerprint density at radius 1 is 0.273 bits per heavy atom. The molecule has 77 heavy (non-hydrogen) atoms. The molecule has 0 amide bonds. The van der Waals surface area contributed by atoms with E-state index in [0.29, 0.717) is 0 Å². The zero-order chi connectivity index (χ0) is 51.6. The van der Waals surface area contributed by atoms with Crippen molar-refractivity contribution in [2.75, 3.05) is 9.80 Å². The van der Waals surface area contributed by atoms with Gasteiger partial charge in [0.25, 0.3) is 0 Å². The van der Waals surface area contributed by atoms with Crippen molar-refractivity contribution in [2.45, 2.75) is 38.5 Å². The Morgan fingerprint density at radius 2 is 0.714 bits per heavy atom. The van der Waals surface area contributed by atoms with Crippen molar-refractivity contribution in [1.82, 2.24) is 4.57 Å². The first-order chi connectivity index (χ1) is 37.7. The number of hydrogen-bond donors (Lipinski definition) is 0. The number of anilines is 6. The summed E-state index contributed by atoms with van der Waals surface area (Å²) in [5.74, 6) is 0. The molecule has 0 unspecified atom stereocenters. The third-order valence-corrected chi connectivity index (χ3v) is 17.1. The summed E-state index contributed by atoms with van der Waals surface area (Å²) in [6.45, 7) is 9.56. The molecule has 0 N–H and O–H groups in total. The van der Waals surface area contributed by atoms with E-state index in [9.17, 15) is 0 Å². The molecule has 0 bridgehead atoms. The molecule has 3 nitrogen and oxygen atoms in total. The first kappa shape index (κ1) is 45.0. The highest BCUT2D eigenvalue weighted by atomic mass is 15.2. The molecule has 0 saturated carbocycles. The molecular weight excluding hydrogens is 931 g/mol. The molecule has 15 rings (SSSR count). The van der Waals surface area contributed by atoms with E-state index in [0.717, 1.165) is 34.1 Å². The first-order valence-electron chi connectivity index (χ1n) is 27.0. The van der Waals surface area contributed by atoms with Gasteiger partial charge in [-0.25, -0.2) is 0 Å². The Labute approximate surface area is 450 Å². The molecule has 0 saturated heterocycles. The molecule has 366 valence electrons. The van der Waals surface area contributed by atoms with Gasteiger partial charge in [0, 0.05) is 61.4 Å². The summed E-state index contributed by atoms with van der Waals surface area (Å²) in [5.41, 5.74) is 23.0. The Bertz CT molecular complexity index is 4520. The van der Waals surface area contributed by atoms with Crippen LogP contribution in [0.15, 0.2) is 261 Å². The smallest absolute Gasteiger partial charge is 0.0541 e. The van der Waals surface area contributed by atoms with Crippen LogP contribution in [0.4, 0.5) is 34.1 Å². The van der Waals surface area contributed by atoms with Crippen LogP contribution >= 0.6 is 0 Å². The molecule has 13 aromatic rings. The summed E-state index contributed by atoms with van der Waals surface area (Å²) in [6.07, 6.45) is 0. The minimum atomic E-state index is -0.264. The van der Waals surface area contributed by atoms with Crippen LogP contribution in [0.5, 0.6) is 0 Å². The fourth-order valence-electron chi connectivity index (χ4n) is 13.2. The standard InChI is InChI=1S/C74H55N3/c1-73(2)67-24-14-12-22-61(67)63-39-36-59(46-69(63)73)76(56-34-32-55(33-35-56)75(54-20-6-5-7-21-54)57-30-26-48-16-8-10-18-50(48)42-57)60-37-40-64-62-38-28-53(45-68(62)74(3,4)70(64)47-60)52-29-41-72-66(44-52)65-23-13-15-25-71(65)77(72)58-31-27-49-17-9-11-19-51(49)43-58/h5-47H,1-4H3. The second kappa shape index (κ2) is 17.0. The summed E-state index contributed by atoms with van der Waals surface area (Å²) < 4.78 is 2.42. The van der Waals surface area contributed by atoms with E-state index in [2.05, 4.69) is 303 Å². The van der Waals surface area contributed by atoms with Crippen molar-refractivity contribution < 1.29 is 0 Å². The highest BCUT2D eigenvalue weighted by Crippen LogP contribution is 2.54. The molecule has 0 radical (unpaired) electrons. The van der Waals surface area contributed by atoms with Crippen molar-refractivity contribution in [3.63, 3.8) is 0 Å². The third-order valence-electron chi connectivity index (χ3n) is 17.1.